The smallest absolute Gasteiger partial charge is 0.354 e. The summed E-state index contributed by atoms with van der Waals surface area (Å²) in [5.74, 6) is -0.997. The fraction of sp³-hybridized carbons (Fsp3) is 0.0588. The Bertz CT molecular complexity index is 795. The maximum absolute atomic E-state index is 11.4. The number of hydrogen-bond donors (Lipinski definition) is 1. The maximum atomic E-state index is 11.4. The first-order valence-corrected chi connectivity index (χ1v) is 7.12. The van der Waals surface area contributed by atoms with Gasteiger partial charge in [-0.25, -0.2) is 4.79 Å². The molecule has 1 N–H and O–H groups in total. The Morgan fingerprint density at radius 2 is 1.77 bits per heavy atom. The van der Waals surface area contributed by atoms with Crippen LogP contribution in [0.2, 0.25) is 5.02 Å². The van der Waals surface area contributed by atoms with Gasteiger partial charge in [0.25, 0.3) is 0 Å². The lowest BCUT2D eigenvalue weighted by atomic mass is 10.1. The summed E-state index contributed by atoms with van der Waals surface area (Å²) in [6.45, 7) is 0.413. The molecule has 1 heterocycles. The highest BCUT2D eigenvalue weighted by atomic mass is 35.5. The average Bonchev–Trinajstić information content (AvgIpc) is 2.93. The number of hydrogen-bond acceptors (Lipinski definition) is 2. The number of aromatic carboxylic acids is 1. The van der Waals surface area contributed by atoms with E-state index in [-0.39, 0.29) is 5.69 Å². The predicted molar refractivity (Wildman–Crippen MR) is 85.2 cm³/mol. The van der Waals surface area contributed by atoms with Gasteiger partial charge in [0.2, 0.25) is 0 Å². The molecule has 0 aliphatic rings. The van der Waals surface area contributed by atoms with Gasteiger partial charge < -0.3 is 5.11 Å². The molecule has 110 valence electrons. The minimum absolute atomic E-state index is 0.161. The van der Waals surface area contributed by atoms with Gasteiger partial charge in [0.05, 0.1) is 12.2 Å². The molecule has 0 bridgehead atoms. The molecule has 0 saturated heterocycles. The lowest BCUT2D eigenvalue weighted by Crippen LogP contribution is -2.10. The van der Waals surface area contributed by atoms with Crippen LogP contribution in [0.4, 0.5) is 0 Å². The Morgan fingerprint density at radius 1 is 1.09 bits per heavy atom. The largest absolute Gasteiger partial charge is 0.477 e. The Hall–Kier alpha value is -2.59. The van der Waals surface area contributed by atoms with Gasteiger partial charge in [-0.2, -0.15) is 5.10 Å². The van der Waals surface area contributed by atoms with Gasteiger partial charge in [0, 0.05) is 10.6 Å². The number of carboxylic acids is 1. The molecule has 0 atom stereocenters. The van der Waals surface area contributed by atoms with Crippen LogP contribution in [0.3, 0.4) is 0 Å². The van der Waals surface area contributed by atoms with Crippen molar-refractivity contribution in [3.8, 4) is 11.3 Å². The van der Waals surface area contributed by atoms with E-state index in [0.717, 1.165) is 11.1 Å². The number of carbonyl (C=O) groups is 1. The summed E-state index contributed by atoms with van der Waals surface area (Å²) >= 11 is 5.87. The molecule has 0 aliphatic carbocycles. The first-order valence-electron chi connectivity index (χ1n) is 6.74. The van der Waals surface area contributed by atoms with E-state index in [4.69, 9.17) is 11.6 Å². The number of benzene rings is 2. The first kappa shape index (κ1) is 14.4. The van der Waals surface area contributed by atoms with Crippen molar-refractivity contribution < 1.29 is 9.90 Å². The number of carboxylic acid groups (broad SMARTS) is 1. The third-order valence-electron chi connectivity index (χ3n) is 3.31. The van der Waals surface area contributed by atoms with Gasteiger partial charge in [-0.3, -0.25) is 4.68 Å². The van der Waals surface area contributed by atoms with Crippen molar-refractivity contribution in [3.05, 3.63) is 76.9 Å². The summed E-state index contributed by atoms with van der Waals surface area (Å²) in [6.07, 6.45) is 0. The highest BCUT2D eigenvalue weighted by Crippen LogP contribution is 2.22. The second-order valence-electron chi connectivity index (χ2n) is 4.87. The predicted octanol–water partition coefficient (Wildman–Crippen LogP) is 3.95. The molecule has 0 radical (unpaired) electrons. The zero-order valence-electron chi connectivity index (χ0n) is 11.6. The van der Waals surface area contributed by atoms with Gasteiger partial charge in [-0.15, -0.1) is 0 Å². The van der Waals surface area contributed by atoms with E-state index < -0.39 is 5.97 Å². The normalized spacial score (nSPS) is 10.6. The zero-order valence-corrected chi connectivity index (χ0v) is 12.4. The highest BCUT2D eigenvalue weighted by Gasteiger charge is 2.15. The summed E-state index contributed by atoms with van der Waals surface area (Å²) in [5, 5.41) is 14.4. The lowest BCUT2D eigenvalue weighted by molar-refractivity contribution is 0.0684. The topological polar surface area (TPSA) is 55.1 Å². The Kier molecular flexibility index (Phi) is 3.94. The fourth-order valence-corrected chi connectivity index (χ4v) is 2.35. The van der Waals surface area contributed by atoms with Crippen molar-refractivity contribution in [3.63, 3.8) is 0 Å². The van der Waals surface area contributed by atoms with Crippen LogP contribution in [0.5, 0.6) is 0 Å². The van der Waals surface area contributed by atoms with Gasteiger partial charge in [0.1, 0.15) is 5.69 Å². The Balaban J connectivity index is 1.99. The lowest BCUT2D eigenvalue weighted by Gasteiger charge is -2.04. The summed E-state index contributed by atoms with van der Waals surface area (Å²) in [5.41, 5.74) is 2.60. The van der Waals surface area contributed by atoms with Gasteiger partial charge in [-0.05, 0) is 23.8 Å². The number of nitrogens with zero attached hydrogens (tertiary/aromatic N) is 2. The van der Waals surface area contributed by atoms with Crippen LogP contribution in [-0.2, 0) is 6.54 Å². The molecule has 0 fully saturated rings. The third-order valence-corrected chi connectivity index (χ3v) is 3.57. The van der Waals surface area contributed by atoms with Crippen molar-refractivity contribution in [1.29, 1.82) is 0 Å². The minimum Gasteiger partial charge on any atom is -0.477 e. The van der Waals surface area contributed by atoms with Crippen molar-refractivity contribution in [2.45, 2.75) is 6.54 Å². The van der Waals surface area contributed by atoms with Crippen molar-refractivity contribution in [1.82, 2.24) is 9.78 Å². The van der Waals surface area contributed by atoms with Gasteiger partial charge >= 0.3 is 5.97 Å². The second kappa shape index (κ2) is 6.03. The summed E-state index contributed by atoms with van der Waals surface area (Å²) in [7, 11) is 0. The van der Waals surface area contributed by atoms with Gasteiger partial charge in [-0.1, -0.05) is 54.1 Å². The standard InChI is InChI=1S/C17H13ClN2O2/c18-14-8-6-13(7-9-14)15-10-16(17(21)22)20(19-15)11-12-4-2-1-3-5-12/h1-10H,11H2,(H,21,22). The van der Waals surface area contributed by atoms with Crippen LogP contribution in [-0.4, -0.2) is 20.9 Å². The maximum Gasteiger partial charge on any atom is 0.354 e. The number of aromatic nitrogens is 2. The van der Waals surface area contributed by atoms with E-state index in [1.54, 1.807) is 18.2 Å². The van der Waals surface area contributed by atoms with Gasteiger partial charge in [0.15, 0.2) is 0 Å². The van der Waals surface area contributed by atoms with E-state index >= 15 is 0 Å². The average molecular weight is 313 g/mol. The van der Waals surface area contributed by atoms with E-state index in [2.05, 4.69) is 5.10 Å². The molecule has 3 aromatic rings. The van der Waals surface area contributed by atoms with Crippen LogP contribution >= 0.6 is 11.6 Å². The molecule has 3 rings (SSSR count). The quantitative estimate of drug-likeness (QED) is 0.793. The van der Waals surface area contributed by atoms with Crippen molar-refractivity contribution in [2.24, 2.45) is 0 Å². The van der Waals surface area contributed by atoms with E-state index in [0.29, 0.717) is 17.3 Å². The second-order valence-corrected chi connectivity index (χ2v) is 5.31. The van der Waals surface area contributed by atoms with E-state index in [1.807, 2.05) is 42.5 Å². The molecule has 22 heavy (non-hydrogen) atoms. The number of rotatable bonds is 4. The minimum atomic E-state index is -0.997. The molecule has 0 amide bonds. The fourth-order valence-electron chi connectivity index (χ4n) is 2.23. The highest BCUT2D eigenvalue weighted by molar-refractivity contribution is 6.30. The first-order chi connectivity index (χ1) is 10.6. The van der Waals surface area contributed by atoms with Crippen LogP contribution in [0.25, 0.3) is 11.3 Å². The molecular weight excluding hydrogens is 300 g/mol. The molecule has 5 heteroatoms. The Labute approximate surface area is 132 Å². The summed E-state index contributed by atoms with van der Waals surface area (Å²) < 4.78 is 1.50. The molecule has 2 aromatic carbocycles. The van der Waals surface area contributed by atoms with Crippen molar-refractivity contribution >= 4 is 17.6 Å². The molecule has 0 aliphatic heterocycles. The molecule has 0 spiro atoms. The molecular formula is C17H13ClN2O2. The van der Waals surface area contributed by atoms with Crippen LogP contribution in [0.15, 0.2) is 60.7 Å². The third kappa shape index (κ3) is 3.02. The molecule has 0 saturated carbocycles. The zero-order chi connectivity index (χ0) is 15.5. The van der Waals surface area contributed by atoms with Crippen LogP contribution < -0.4 is 0 Å². The molecule has 4 nitrogen and oxygen atoms in total. The molecule has 0 unspecified atom stereocenters. The van der Waals surface area contributed by atoms with E-state index in [1.165, 1.54) is 4.68 Å². The monoisotopic (exact) mass is 312 g/mol. The Morgan fingerprint density at radius 3 is 2.41 bits per heavy atom. The summed E-state index contributed by atoms with van der Waals surface area (Å²) in [6, 6.07) is 18.4. The van der Waals surface area contributed by atoms with Crippen LogP contribution in [0.1, 0.15) is 16.1 Å². The van der Waals surface area contributed by atoms with E-state index in [9.17, 15) is 9.90 Å². The van der Waals surface area contributed by atoms with Crippen molar-refractivity contribution in [2.75, 3.05) is 0 Å². The molecule has 1 aromatic heterocycles. The van der Waals surface area contributed by atoms with Crippen LogP contribution in [0, 0.1) is 0 Å². The summed E-state index contributed by atoms with van der Waals surface area (Å²) in [4.78, 5) is 11.4. The SMILES string of the molecule is O=C(O)c1cc(-c2ccc(Cl)cc2)nn1Cc1ccccc1. The number of halogens is 1.